The summed E-state index contributed by atoms with van der Waals surface area (Å²) in [6, 6.07) is 8.08. The predicted octanol–water partition coefficient (Wildman–Crippen LogP) is 4.21. The lowest BCUT2D eigenvalue weighted by atomic mass is 10.3. The van der Waals surface area contributed by atoms with E-state index >= 15 is 0 Å². The molecule has 1 aromatic carbocycles. The van der Waals surface area contributed by atoms with Crippen LogP contribution >= 0.6 is 27.7 Å². The molecular formula is C19H28BrN5OS. The number of halogens is 1. The fourth-order valence-electron chi connectivity index (χ4n) is 2.51. The van der Waals surface area contributed by atoms with E-state index in [1.807, 2.05) is 31.2 Å². The smallest absolute Gasteiger partial charge is 0.229 e. The number of rotatable bonds is 11. The SMILES string of the molecule is CCNc1nc(Nc2ccc(SCC(O)CN(CC)CC)cc2)ncc1Br. The van der Waals surface area contributed by atoms with E-state index in [9.17, 15) is 5.11 Å². The molecule has 8 heteroatoms. The van der Waals surface area contributed by atoms with Gasteiger partial charge < -0.3 is 20.6 Å². The highest BCUT2D eigenvalue weighted by atomic mass is 79.9. The molecule has 1 heterocycles. The summed E-state index contributed by atoms with van der Waals surface area (Å²) in [5.74, 6) is 2.00. The number of hydrogen-bond donors (Lipinski definition) is 3. The molecule has 3 N–H and O–H groups in total. The Balaban J connectivity index is 1.89. The maximum Gasteiger partial charge on any atom is 0.229 e. The molecule has 148 valence electrons. The number of aliphatic hydroxyl groups is 1. The number of aromatic nitrogens is 2. The van der Waals surface area contributed by atoms with Crippen LogP contribution in [0.3, 0.4) is 0 Å². The number of hydrogen-bond acceptors (Lipinski definition) is 7. The van der Waals surface area contributed by atoms with Gasteiger partial charge in [0.15, 0.2) is 0 Å². The van der Waals surface area contributed by atoms with Gasteiger partial charge >= 0.3 is 0 Å². The lowest BCUT2D eigenvalue weighted by Gasteiger charge is -2.21. The molecule has 0 bridgehead atoms. The Kier molecular flexibility index (Phi) is 9.33. The number of nitrogens with one attached hydrogen (secondary N) is 2. The minimum Gasteiger partial charge on any atom is -0.391 e. The van der Waals surface area contributed by atoms with Crippen LogP contribution in [0.1, 0.15) is 20.8 Å². The van der Waals surface area contributed by atoms with E-state index in [2.05, 4.69) is 55.3 Å². The van der Waals surface area contributed by atoms with Gasteiger partial charge in [-0.15, -0.1) is 11.8 Å². The van der Waals surface area contributed by atoms with E-state index in [-0.39, 0.29) is 6.10 Å². The van der Waals surface area contributed by atoms with Crippen LogP contribution in [0.25, 0.3) is 0 Å². The zero-order valence-electron chi connectivity index (χ0n) is 16.1. The maximum atomic E-state index is 10.2. The van der Waals surface area contributed by atoms with Crippen LogP contribution in [0.15, 0.2) is 39.8 Å². The molecule has 1 aromatic heterocycles. The number of nitrogens with zero attached hydrogens (tertiary/aromatic N) is 3. The van der Waals surface area contributed by atoms with Crippen LogP contribution in [0.5, 0.6) is 0 Å². The lowest BCUT2D eigenvalue weighted by Crippen LogP contribution is -2.33. The van der Waals surface area contributed by atoms with Crippen molar-refractivity contribution in [3.05, 3.63) is 34.9 Å². The van der Waals surface area contributed by atoms with Crippen molar-refractivity contribution in [3.63, 3.8) is 0 Å². The summed E-state index contributed by atoms with van der Waals surface area (Å²) >= 11 is 5.10. The Morgan fingerprint density at radius 2 is 1.89 bits per heavy atom. The van der Waals surface area contributed by atoms with E-state index in [0.29, 0.717) is 18.2 Å². The second-order valence-corrected chi connectivity index (χ2v) is 7.97. The Hall–Kier alpha value is -1.35. The monoisotopic (exact) mass is 453 g/mol. The summed E-state index contributed by atoms with van der Waals surface area (Å²) in [5.41, 5.74) is 0.924. The van der Waals surface area contributed by atoms with E-state index in [1.165, 1.54) is 0 Å². The fraction of sp³-hybridized carbons (Fsp3) is 0.474. The molecule has 0 saturated carbocycles. The van der Waals surface area contributed by atoms with Gasteiger partial charge in [0.2, 0.25) is 5.95 Å². The molecular weight excluding hydrogens is 426 g/mol. The molecule has 1 unspecified atom stereocenters. The molecule has 0 amide bonds. The Morgan fingerprint density at radius 3 is 2.52 bits per heavy atom. The summed E-state index contributed by atoms with van der Waals surface area (Å²) in [6.45, 7) is 9.70. The van der Waals surface area contributed by atoms with E-state index in [1.54, 1.807) is 18.0 Å². The predicted molar refractivity (Wildman–Crippen MR) is 118 cm³/mol. The molecule has 2 rings (SSSR count). The molecule has 27 heavy (non-hydrogen) atoms. The third kappa shape index (κ3) is 7.29. The van der Waals surface area contributed by atoms with Gasteiger partial charge in [-0.05, 0) is 60.2 Å². The molecule has 0 aliphatic heterocycles. The highest BCUT2D eigenvalue weighted by Gasteiger charge is 2.10. The third-order valence-corrected chi connectivity index (χ3v) is 5.74. The number of anilines is 3. The minimum absolute atomic E-state index is 0.326. The molecule has 0 spiro atoms. The van der Waals surface area contributed by atoms with Gasteiger partial charge in [0.05, 0.1) is 10.6 Å². The third-order valence-electron chi connectivity index (χ3n) is 4.00. The van der Waals surface area contributed by atoms with Crippen molar-refractivity contribution in [2.45, 2.75) is 31.8 Å². The topological polar surface area (TPSA) is 73.3 Å². The number of thioether (sulfide) groups is 1. The van der Waals surface area contributed by atoms with E-state index in [0.717, 1.165) is 40.5 Å². The van der Waals surface area contributed by atoms with Crippen LogP contribution in [0.2, 0.25) is 0 Å². The first-order chi connectivity index (χ1) is 13.0. The quantitative estimate of drug-likeness (QED) is 0.440. The summed E-state index contributed by atoms with van der Waals surface area (Å²) in [7, 11) is 0. The first kappa shape index (κ1) is 21.9. The van der Waals surface area contributed by atoms with Crippen molar-refractivity contribution in [2.75, 3.05) is 42.6 Å². The number of likely N-dealkylation sites (N-methyl/N-ethyl adjacent to an activating group) is 1. The average Bonchev–Trinajstić information content (AvgIpc) is 2.68. The highest BCUT2D eigenvalue weighted by Crippen LogP contribution is 2.24. The van der Waals surface area contributed by atoms with Crippen LogP contribution in [0, 0.1) is 0 Å². The molecule has 0 fully saturated rings. The van der Waals surface area contributed by atoms with E-state index in [4.69, 9.17) is 0 Å². The first-order valence-corrected chi connectivity index (χ1v) is 11.0. The Labute approximate surface area is 174 Å². The zero-order chi connectivity index (χ0) is 19.6. The molecule has 6 nitrogen and oxygen atoms in total. The molecule has 0 aliphatic rings. The van der Waals surface area contributed by atoms with Crippen LogP contribution in [-0.2, 0) is 0 Å². The summed E-state index contributed by atoms with van der Waals surface area (Å²) in [5, 5.41) is 16.6. The Morgan fingerprint density at radius 1 is 1.19 bits per heavy atom. The largest absolute Gasteiger partial charge is 0.391 e. The van der Waals surface area contributed by atoms with Gasteiger partial charge in [0.1, 0.15) is 5.82 Å². The average molecular weight is 454 g/mol. The van der Waals surface area contributed by atoms with Crippen molar-refractivity contribution in [2.24, 2.45) is 0 Å². The summed E-state index contributed by atoms with van der Waals surface area (Å²) < 4.78 is 0.838. The zero-order valence-corrected chi connectivity index (χ0v) is 18.5. The van der Waals surface area contributed by atoms with Crippen molar-refractivity contribution >= 4 is 45.1 Å². The molecule has 0 aliphatic carbocycles. The highest BCUT2D eigenvalue weighted by molar-refractivity contribution is 9.10. The van der Waals surface area contributed by atoms with Gasteiger partial charge in [-0.25, -0.2) is 4.98 Å². The Bertz CT molecular complexity index is 697. The van der Waals surface area contributed by atoms with Gasteiger partial charge in [-0.2, -0.15) is 4.98 Å². The van der Waals surface area contributed by atoms with Gasteiger partial charge in [0, 0.05) is 35.6 Å². The van der Waals surface area contributed by atoms with Crippen molar-refractivity contribution < 1.29 is 5.11 Å². The molecule has 1 atom stereocenters. The standard InChI is InChI=1S/C19H28BrN5OS/c1-4-21-18-17(20)11-22-19(24-18)23-14-7-9-16(10-8-14)27-13-15(26)12-25(5-2)6-3/h7-11,15,26H,4-6,12-13H2,1-3H3,(H2,21,22,23,24). The maximum absolute atomic E-state index is 10.2. The molecule has 0 radical (unpaired) electrons. The van der Waals surface area contributed by atoms with Crippen LogP contribution in [-0.4, -0.2) is 58.0 Å². The number of benzene rings is 1. The fourth-order valence-corrected chi connectivity index (χ4v) is 3.66. The summed E-state index contributed by atoms with van der Waals surface area (Å²) in [4.78, 5) is 12.1. The van der Waals surface area contributed by atoms with Gasteiger partial charge in [-0.3, -0.25) is 0 Å². The van der Waals surface area contributed by atoms with Crippen molar-refractivity contribution in [1.29, 1.82) is 0 Å². The summed E-state index contributed by atoms with van der Waals surface area (Å²) in [6.07, 6.45) is 1.41. The van der Waals surface area contributed by atoms with Crippen LogP contribution in [0.4, 0.5) is 17.5 Å². The lowest BCUT2D eigenvalue weighted by molar-refractivity contribution is 0.137. The van der Waals surface area contributed by atoms with E-state index < -0.39 is 0 Å². The van der Waals surface area contributed by atoms with Crippen molar-refractivity contribution in [1.82, 2.24) is 14.9 Å². The second-order valence-electron chi connectivity index (χ2n) is 6.02. The minimum atomic E-state index is -0.326. The van der Waals surface area contributed by atoms with Crippen molar-refractivity contribution in [3.8, 4) is 0 Å². The number of aliphatic hydroxyl groups excluding tert-OH is 1. The van der Waals surface area contributed by atoms with Gasteiger partial charge in [0.25, 0.3) is 0 Å². The second kappa shape index (κ2) is 11.5. The normalized spacial score (nSPS) is 12.2. The van der Waals surface area contributed by atoms with Gasteiger partial charge in [-0.1, -0.05) is 13.8 Å². The molecule has 0 saturated heterocycles. The molecule has 2 aromatic rings. The first-order valence-electron chi connectivity index (χ1n) is 9.22. The van der Waals surface area contributed by atoms with Crippen LogP contribution < -0.4 is 10.6 Å².